The number of amides is 1. The van der Waals surface area contributed by atoms with Crippen molar-refractivity contribution in [1.29, 1.82) is 0 Å². The molecule has 7 heteroatoms. The molecule has 0 aliphatic carbocycles. The van der Waals surface area contributed by atoms with Crippen molar-refractivity contribution >= 4 is 21.6 Å². The maximum Gasteiger partial charge on any atom is 0.243 e. The molecular weight excluding hydrogens is 376 g/mol. The van der Waals surface area contributed by atoms with Crippen LogP contribution in [-0.2, 0) is 21.2 Å². The van der Waals surface area contributed by atoms with Crippen LogP contribution in [0.25, 0.3) is 0 Å². The number of nitrogens with zero attached hydrogens (tertiary/aromatic N) is 1. The molecule has 28 heavy (non-hydrogen) atoms. The highest BCUT2D eigenvalue weighted by Crippen LogP contribution is 2.18. The fraction of sp³-hybridized carbons (Fsp3) is 0.381. The van der Waals surface area contributed by atoms with Crippen LogP contribution in [0.15, 0.2) is 53.4 Å². The second-order valence-electron chi connectivity index (χ2n) is 6.26. The Hall–Kier alpha value is -2.38. The highest BCUT2D eigenvalue weighted by molar-refractivity contribution is 7.89. The number of anilines is 1. The maximum atomic E-state index is 12.5. The van der Waals surface area contributed by atoms with Gasteiger partial charge in [0, 0.05) is 18.8 Å². The van der Waals surface area contributed by atoms with E-state index in [4.69, 9.17) is 4.74 Å². The van der Waals surface area contributed by atoms with Crippen molar-refractivity contribution in [3.8, 4) is 5.75 Å². The van der Waals surface area contributed by atoms with Crippen LogP contribution in [0.5, 0.6) is 5.75 Å². The third-order valence-corrected chi connectivity index (χ3v) is 6.47. The van der Waals surface area contributed by atoms with Crippen LogP contribution >= 0.6 is 0 Å². The number of carbonyl (C=O) groups excluding carboxylic acids is 1. The minimum Gasteiger partial charge on any atom is -0.493 e. The van der Waals surface area contributed by atoms with Gasteiger partial charge in [-0.15, -0.1) is 0 Å². The molecule has 2 rings (SSSR count). The molecule has 0 spiro atoms. The summed E-state index contributed by atoms with van der Waals surface area (Å²) in [4.78, 5) is 12.3. The standard InChI is InChI=1S/C21H28N2O4S/c1-4-17-7-11-19(12-8-17)27-16-15-21(24)22-18-9-13-20(14-10-18)28(25,26)23(5-2)6-3/h7-14H,4-6,15-16H2,1-3H3,(H,22,24). The van der Waals surface area contributed by atoms with E-state index in [1.807, 2.05) is 24.3 Å². The van der Waals surface area contributed by atoms with Gasteiger partial charge in [-0.25, -0.2) is 8.42 Å². The normalized spacial score (nSPS) is 11.4. The molecule has 0 unspecified atom stereocenters. The Kier molecular flexibility index (Phi) is 8.02. The van der Waals surface area contributed by atoms with E-state index in [9.17, 15) is 13.2 Å². The van der Waals surface area contributed by atoms with Gasteiger partial charge in [0.15, 0.2) is 0 Å². The van der Waals surface area contributed by atoms with Crippen molar-refractivity contribution in [2.75, 3.05) is 25.0 Å². The average molecular weight is 405 g/mol. The zero-order chi connectivity index (χ0) is 20.6. The second kappa shape index (κ2) is 10.2. The Bertz CT molecular complexity index is 858. The number of nitrogens with one attached hydrogen (secondary N) is 1. The molecule has 2 aromatic carbocycles. The number of ether oxygens (including phenoxy) is 1. The Morgan fingerprint density at radius 1 is 0.964 bits per heavy atom. The van der Waals surface area contributed by atoms with Crippen molar-refractivity contribution in [1.82, 2.24) is 4.31 Å². The lowest BCUT2D eigenvalue weighted by atomic mass is 10.2. The van der Waals surface area contributed by atoms with Gasteiger partial charge in [-0.05, 0) is 48.4 Å². The molecule has 0 bridgehead atoms. The highest BCUT2D eigenvalue weighted by atomic mass is 32.2. The third-order valence-electron chi connectivity index (χ3n) is 4.41. The van der Waals surface area contributed by atoms with Gasteiger partial charge in [-0.1, -0.05) is 32.9 Å². The molecule has 0 radical (unpaired) electrons. The number of sulfonamides is 1. The van der Waals surface area contributed by atoms with E-state index >= 15 is 0 Å². The lowest BCUT2D eigenvalue weighted by molar-refractivity contribution is -0.116. The van der Waals surface area contributed by atoms with Crippen molar-refractivity contribution in [3.05, 3.63) is 54.1 Å². The van der Waals surface area contributed by atoms with Gasteiger partial charge in [-0.3, -0.25) is 4.79 Å². The monoisotopic (exact) mass is 404 g/mol. The number of rotatable bonds is 10. The number of hydrogen-bond donors (Lipinski definition) is 1. The minimum atomic E-state index is -3.50. The first-order valence-corrected chi connectivity index (χ1v) is 11.0. The van der Waals surface area contributed by atoms with E-state index < -0.39 is 10.0 Å². The van der Waals surface area contributed by atoms with Crippen LogP contribution in [0.2, 0.25) is 0 Å². The summed E-state index contributed by atoms with van der Waals surface area (Å²) < 4.78 is 31.9. The average Bonchev–Trinajstić information content (AvgIpc) is 2.69. The fourth-order valence-corrected chi connectivity index (χ4v) is 4.19. The fourth-order valence-electron chi connectivity index (χ4n) is 2.73. The number of hydrogen-bond acceptors (Lipinski definition) is 4. The van der Waals surface area contributed by atoms with Gasteiger partial charge < -0.3 is 10.1 Å². The number of aryl methyl sites for hydroxylation is 1. The summed E-state index contributed by atoms with van der Waals surface area (Å²) in [5, 5.41) is 2.75. The van der Waals surface area contributed by atoms with E-state index in [0.717, 1.165) is 12.2 Å². The molecule has 0 fully saturated rings. The lowest BCUT2D eigenvalue weighted by Crippen LogP contribution is -2.30. The minimum absolute atomic E-state index is 0.190. The first-order valence-electron chi connectivity index (χ1n) is 9.52. The summed E-state index contributed by atoms with van der Waals surface area (Å²) in [5.41, 5.74) is 1.78. The SMILES string of the molecule is CCc1ccc(OCCC(=O)Nc2ccc(S(=O)(=O)N(CC)CC)cc2)cc1. The molecule has 0 heterocycles. The first kappa shape index (κ1) is 21.9. The predicted molar refractivity (Wildman–Crippen MR) is 111 cm³/mol. The van der Waals surface area contributed by atoms with Gasteiger partial charge >= 0.3 is 0 Å². The molecule has 0 aromatic heterocycles. The van der Waals surface area contributed by atoms with Crippen LogP contribution < -0.4 is 10.1 Å². The molecule has 0 saturated carbocycles. The van der Waals surface area contributed by atoms with Crippen molar-refractivity contribution in [2.45, 2.75) is 38.5 Å². The zero-order valence-electron chi connectivity index (χ0n) is 16.6. The van der Waals surface area contributed by atoms with Crippen LogP contribution in [0.3, 0.4) is 0 Å². The molecule has 152 valence electrons. The largest absolute Gasteiger partial charge is 0.493 e. The summed E-state index contributed by atoms with van der Waals surface area (Å²) in [6.45, 7) is 6.79. The van der Waals surface area contributed by atoms with Gasteiger partial charge in [0.1, 0.15) is 5.75 Å². The highest BCUT2D eigenvalue weighted by Gasteiger charge is 2.21. The Labute approximate surface area is 167 Å². The van der Waals surface area contributed by atoms with E-state index in [0.29, 0.717) is 18.8 Å². The van der Waals surface area contributed by atoms with Gasteiger partial charge in [-0.2, -0.15) is 4.31 Å². The van der Waals surface area contributed by atoms with E-state index in [2.05, 4.69) is 12.2 Å². The molecule has 2 aromatic rings. The summed E-state index contributed by atoms with van der Waals surface area (Å²) >= 11 is 0. The summed E-state index contributed by atoms with van der Waals surface area (Å²) in [7, 11) is -3.50. The topological polar surface area (TPSA) is 75.7 Å². The van der Waals surface area contributed by atoms with Crippen LogP contribution in [0, 0.1) is 0 Å². The molecule has 0 aliphatic rings. The van der Waals surface area contributed by atoms with E-state index in [-0.39, 0.29) is 23.8 Å². The first-order chi connectivity index (χ1) is 13.4. The van der Waals surface area contributed by atoms with Crippen LogP contribution in [0.4, 0.5) is 5.69 Å². The maximum absolute atomic E-state index is 12.5. The van der Waals surface area contributed by atoms with Crippen molar-refractivity contribution in [2.24, 2.45) is 0 Å². The summed E-state index contributed by atoms with van der Waals surface area (Å²) in [5.74, 6) is 0.542. The second-order valence-corrected chi connectivity index (χ2v) is 8.20. The molecule has 0 atom stereocenters. The van der Waals surface area contributed by atoms with Crippen LogP contribution in [0.1, 0.15) is 32.8 Å². The molecule has 0 saturated heterocycles. The molecule has 0 aliphatic heterocycles. The van der Waals surface area contributed by atoms with E-state index in [1.165, 1.54) is 22.0 Å². The molecule has 1 N–H and O–H groups in total. The number of benzene rings is 2. The lowest BCUT2D eigenvalue weighted by Gasteiger charge is -2.18. The number of carbonyl (C=O) groups is 1. The molecular formula is C21H28N2O4S. The predicted octanol–water partition coefficient (Wildman–Crippen LogP) is 3.69. The Balaban J connectivity index is 1.86. The molecule has 1 amide bonds. The van der Waals surface area contributed by atoms with Crippen molar-refractivity contribution < 1.29 is 17.9 Å². The van der Waals surface area contributed by atoms with E-state index in [1.54, 1.807) is 26.0 Å². The zero-order valence-corrected chi connectivity index (χ0v) is 17.5. The smallest absolute Gasteiger partial charge is 0.243 e. The summed E-state index contributed by atoms with van der Waals surface area (Å²) in [6.07, 6.45) is 1.17. The third kappa shape index (κ3) is 5.81. The van der Waals surface area contributed by atoms with Gasteiger partial charge in [0.05, 0.1) is 17.9 Å². The van der Waals surface area contributed by atoms with Gasteiger partial charge in [0.25, 0.3) is 0 Å². The summed E-state index contributed by atoms with van der Waals surface area (Å²) in [6, 6.07) is 14.0. The Morgan fingerprint density at radius 3 is 2.11 bits per heavy atom. The Morgan fingerprint density at radius 2 is 1.57 bits per heavy atom. The van der Waals surface area contributed by atoms with Crippen molar-refractivity contribution in [3.63, 3.8) is 0 Å². The molecule has 6 nitrogen and oxygen atoms in total. The quantitative estimate of drug-likeness (QED) is 0.655. The van der Waals surface area contributed by atoms with Crippen LogP contribution in [-0.4, -0.2) is 38.3 Å². The van der Waals surface area contributed by atoms with Gasteiger partial charge in [0.2, 0.25) is 15.9 Å².